The van der Waals surface area contributed by atoms with Crippen molar-refractivity contribution in [3.05, 3.63) is 58.4 Å². The quantitative estimate of drug-likeness (QED) is 0.0366. The van der Waals surface area contributed by atoms with Crippen LogP contribution < -0.4 is 16.8 Å². The summed E-state index contributed by atoms with van der Waals surface area (Å²) in [6.07, 6.45) is -0.347. The first-order chi connectivity index (χ1) is 21.4. The lowest BCUT2D eigenvalue weighted by molar-refractivity contribution is -0.151. The molecule has 20 heteroatoms. The first-order valence-electron chi connectivity index (χ1n) is 12.6. The number of phenols is 2. The smallest absolute Gasteiger partial charge is 0.352 e. The number of anilines is 2. The van der Waals surface area contributed by atoms with Crippen molar-refractivity contribution >= 4 is 75.3 Å². The normalized spacial score (nSPS) is 18.5. The Morgan fingerprint density at radius 1 is 1.18 bits per heavy atom. The molecule has 2 amide bonds. The number of hydrogen-bond donors (Lipinski definition) is 7. The number of fused-ring (bicyclic) bond motifs is 1. The van der Waals surface area contributed by atoms with Gasteiger partial charge in [0.25, 0.3) is 11.8 Å². The summed E-state index contributed by atoms with van der Waals surface area (Å²) in [4.78, 5) is 69.2. The summed E-state index contributed by atoms with van der Waals surface area (Å²) in [5.74, 6) is -4.97. The summed E-state index contributed by atoms with van der Waals surface area (Å²) in [6.45, 7) is 0. The first kappa shape index (κ1) is 31.3. The Labute approximate surface area is 265 Å². The maximum Gasteiger partial charge on any atom is 0.352 e. The number of benzene rings is 1. The SMILES string of the molecule is Nc1ccnc(SCC2=C(C(=O)O)N3C(=O)C(NC(=O)/C(=N\OC(C(=O)O)c4ccc(O)c(O)c4)c4csc(N)n4)[C@@H]3SC2)n1. The minimum Gasteiger partial charge on any atom is -0.504 e. The van der Waals surface area contributed by atoms with Crippen LogP contribution in [0, 0.1) is 0 Å². The summed E-state index contributed by atoms with van der Waals surface area (Å²) >= 11 is 3.35. The van der Waals surface area contributed by atoms with Crippen molar-refractivity contribution in [2.45, 2.75) is 22.7 Å². The molecule has 3 aromatic rings. The van der Waals surface area contributed by atoms with Gasteiger partial charge in [-0.3, -0.25) is 14.5 Å². The third kappa shape index (κ3) is 6.56. The molecule has 17 nitrogen and oxygen atoms in total. The molecule has 4 heterocycles. The fourth-order valence-corrected chi connectivity index (χ4v) is 7.11. The number of oxime groups is 1. The predicted octanol–water partition coefficient (Wildman–Crippen LogP) is 0.586. The number of nitrogens with one attached hydrogen (secondary N) is 1. The molecule has 234 valence electrons. The number of aliphatic carboxylic acids is 2. The van der Waals surface area contributed by atoms with Gasteiger partial charge in [0.2, 0.25) is 6.10 Å². The van der Waals surface area contributed by atoms with Crippen LogP contribution in [-0.4, -0.2) is 92.7 Å². The van der Waals surface area contributed by atoms with E-state index < -0.39 is 58.5 Å². The highest BCUT2D eigenvalue weighted by atomic mass is 32.2. The Bertz CT molecular complexity index is 1760. The van der Waals surface area contributed by atoms with Gasteiger partial charge in [-0.15, -0.1) is 23.1 Å². The van der Waals surface area contributed by atoms with Crippen LogP contribution in [0.15, 0.2) is 57.4 Å². The molecule has 0 saturated carbocycles. The van der Waals surface area contributed by atoms with Gasteiger partial charge in [-0.1, -0.05) is 23.0 Å². The van der Waals surface area contributed by atoms with Crippen LogP contribution >= 0.6 is 34.9 Å². The second-order valence-corrected chi connectivity index (χ2v) is 12.2. The van der Waals surface area contributed by atoms with Gasteiger partial charge in [-0.2, -0.15) is 0 Å². The number of amides is 2. The predicted molar refractivity (Wildman–Crippen MR) is 161 cm³/mol. The van der Waals surface area contributed by atoms with Crippen molar-refractivity contribution in [2.75, 3.05) is 23.0 Å². The zero-order chi connectivity index (χ0) is 32.4. The number of carboxylic acid groups (broad SMARTS) is 2. The van der Waals surface area contributed by atoms with Gasteiger partial charge < -0.3 is 42.0 Å². The molecule has 0 spiro atoms. The van der Waals surface area contributed by atoms with Gasteiger partial charge in [0.15, 0.2) is 27.5 Å². The van der Waals surface area contributed by atoms with E-state index >= 15 is 0 Å². The second kappa shape index (κ2) is 12.9. The van der Waals surface area contributed by atoms with Crippen LogP contribution in [0.25, 0.3) is 0 Å². The second-order valence-electron chi connectivity index (χ2n) is 9.25. The van der Waals surface area contributed by atoms with Crippen molar-refractivity contribution in [1.29, 1.82) is 0 Å². The molecule has 0 radical (unpaired) electrons. The number of aromatic nitrogens is 3. The van der Waals surface area contributed by atoms with Crippen LogP contribution in [0.1, 0.15) is 17.4 Å². The Morgan fingerprint density at radius 3 is 2.60 bits per heavy atom. The van der Waals surface area contributed by atoms with Gasteiger partial charge >= 0.3 is 11.9 Å². The highest BCUT2D eigenvalue weighted by Gasteiger charge is 2.54. The average Bonchev–Trinajstić information content (AvgIpc) is 3.43. The number of β-lactam (4-membered cyclic amide) rings is 1. The maximum atomic E-state index is 13.4. The van der Waals surface area contributed by atoms with E-state index in [2.05, 4.69) is 25.4 Å². The number of carbonyl (C=O) groups excluding carboxylic acids is 2. The molecule has 9 N–H and O–H groups in total. The van der Waals surface area contributed by atoms with Gasteiger partial charge in [-0.05, 0) is 23.8 Å². The molecular weight excluding hydrogens is 653 g/mol. The van der Waals surface area contributed by atoms with E-state index in [4.69, 9.17) is 16.3 Å². The lowest BCUT2D eigenvalue weighted by Crippen LogP contribution is -2.71. The third-order valence-electron chi connectivity index (χ3n) is 6.32. The van der Waals surface area contributed by atoms with E-state index in [-0.39, 0.29) is 39.4 Å². The van der Waals surface area contributed by atoms with Gasteiger partial charge in [0, 0.05) is 28.6 Å². The molecule has 2 aliphatic rings. The minimum absolute atomic E-state index is 0.0581. The van der Waals surface area contributed by atoms with Crippen molar-refractivity contribution in [1.82, 2.24) is 25.2 Å². The minimum atomic E-state index is -1.82. The highest BCUT2D eigenvalue weighted by Crippen LogP contribution is 2.41. The number of thiazole rings is 1. The molecule has 45 heavy (non-hydrogen) atoms. The first-order valence-corrected chi connectivity index (χ1v) is 15.5. The molecule has 2 aromatic heterocycles. The van der Waals surface area contributed by atoms with E-state index in [0.29, 0.717) is 10.7 Å². The van der Waals surface area contributed by atoms with E-state index in [1.807, 2.05) is 0 Å². The molecule has 5 rings (SSSR count). The highest BCUT2D eigenvalue weighted by molar-refractivity contribution is 8.01. The molecule has 1 fully saturated rings. The van der Waals surface area contributed by atoms with Crippen molar-refractivity contribution in [2.24, 2.45) is 5.16 Å². The Hall–Kier alpha value is -5.08. The zero-order valence-electron chi connectivity index (χ0n) is 22.6. The van der Waals surface area contributed by atoms with E-state index in [9.17, 15) is 39.6 Å². The number of carboxylic acids is 2. The number of carbonyl (C=O) groups is 4. The Kier molecular flexibility index (Phi) is 8.97. The zero-order valence-corrected chi connectivity index (χ0v) is 25.0. The number of phenolic OH excluding ortho intramolecular Hbond substituents is 2. The van der Waals surface area contributed by atoms with Gasteiger partial charge in [-0.25, -0.2) is 24.5 Å². The van der Waals surface area contributed by atoms with E-state index in [0.717, 1.165) is 40.1 Å². The van der Waals surface area contributed by atoms with Crippen molar-refractivity contribution in [3.8, 4) is 11.5 Å². The number of thioether (sulfide) groups is 2. The summed E-state index contributed by atoms with van der Waals surface area (Å²) < 4.78 is 0. The topological polar surface area (TPSA) is 277 Å². The Morgan fingerprint density at radius 2 is 1.96 bits per heavy atom. The molecule has 1 saturated heterocycles. The number of nitrogens with two attached hydrogens (primary N) is 2. The summed E-state index contributed by atoms with van der Waals surface area (Å²) in [5.41, 5.74) is 10.9. The summed E-state index contributed by atoms with van der Waals surface area (Å²) in [5, 5.41) is 46.2. The number of rotatable bonds is 11. The van der Waals surface area contributed by atoms with E-state index in [1.54, 1.807) is 0 Å². The molecule has 1 aromatic carbocycles. The van der Waals surface area contributed by atoms with E-state index in [1.165, 1.54) is 35.5 Å². The average molecular weight is 675 g/mol. The van der Waals surface area contributed by atoms with Crippen molar-refractivity contribution < 1.29 is 44.4 Å². The molecule has 2 aliphatic heterocycles. The van der Waals surface area contributed by atoms with Crippen LogP contribution in [0.2, 0.25) is 0 Å². The molecule has 2 unspecified atom stereocenters. The number of nitrogens with zero attached hydrogens (tertiary/aromatic N) is 5. The van der Waals surface area contributed by atoms with Crippen LogP contribution in [0.5, 0.6) is 11.5 Å². The molecular formula is C25H22N8O9S3. The van der Waals surface area contributed by atoms with Gasteiger partial charge in [0.05, 0.1) is 0 Å². The van der Waals surface area contributed by atoms with Crippen molar-refractivity contribution in [3.63, 3.8) is 0 Å². The number of hydrogen-bond acceptors (Lipinski definition) is 16. The molecule has 0 aliphatic carbocycles. The largest absolute Gasteiger partial charge is 0.504 e. The summed E-state index contributed by atoms with van der Waals surface area (Å²) in [6, 6.07) is 3.53. The number of aromatic hydroxyl groups is 2. The fourth-order valence-electron chi connectivity index (χ4n) is 4.24. The Balaban J connectivity index is 1.35. The van der Waals surface area contributed by atoms with Crippen LogP contribution in [-0.2, 0) is 24.0 Å². The third-order valence-corrected chi connectivity index (χ3v) is 9.28. The fraction of sp³-hybridized carbons (Fsp3) is 0.200. The molecule has 0 bridgehead atoms. The summed E-state index contributed by atoms with van der Waals surface area (Å²) in [7, 11) is 0. The monoisotopic (exact) mass is 674 g/mol. The van der Waals surface area contributed by atoms with Crippen LogP contribution in [0.4, 0.5) is 10.9 Å². The van der Waals surface area contributed by atoms with Gasteiger partial charge in [0.1, 0.15) is 28.6 Å². The lowest BCUT2D eigenvalue weighted by atomic mass is 10.0. The standard InChI is InChI=1S/C25H22N8O9S3/c26-14-3-4-28-25(30-14)45-7-10-6-43-21-16(20(37)33(21)17(10)22(38)39)31-19(36)15(11-8-44-24(27)29-11)32-42-18(23(40)41)9-1-2-12(34)13(35)5-9/h1-5,8,16,18,21,34-35H,6-7H2,(H2,27,29)(H,31,36)(H,38,39)(H,40,41)(H2,26,28,30)/b32-15-/t16?,18?,21-/m0/s1. The lowest BCUT2D eigenvalue weighted by Gasteiger charge is -2.49. The molecule has 3 atom stereocenters. The maximum absolute atomic E-state index is 13.4. The van der Waals surface area contributed by atoms with Crippen LogP contribution in [0.3, 0.4) is 0 Å². The number of nitrogen functional groups attached to an aromatic ring is 2.